The minimum atomic E-state index is -0.587. The average molecular weight is 319 g/mol. The highest BCUT2D eigenvalue weighted by atomic mass is 19.1. The number of urea groups is 1. The highest BCUT2D eigenvalue weighted by Gasteiger charge is 2.39. The standard InChI is InChI=1S/C16H18FN3O3/c1-10-13(15(21)20-6-8-23-9-7-20)14(19-16(22)18-10)11-2-4-12(17)5-3-11/h2-5,13-14H,6-9H2,1H3,(H,19,22). The summed E-state index contributed by atoms with van der Waals surface area (Å²) >= 11 is 0. The number of nitrogens with zero attached hydrogens (tertiary/aromatic N) is 2. The molecule has 0 bridgehead atoms. The maximum absolute atomic E-state index is 13.2. The summed E-state index contributed by atoms with van der Waals surface area (Å²) in [6.45, 7) is 3.72. The Balaban J connectivity index is 1.91. The van der Waals surface area contributed by atoms with Gasteiger partial charge in [0.05, 0.1) is 19.3 Å². The Labute approximate surface area is 133 Å². The molecular formula is C16H18FN3O3. The molecule has 122 valence electrons. The number of carbonyl (C=O) groups excluding carboxylic acids is 2. The summed E-state index contributed by atoms with van der Waals surface area (Å²) in [6.07, 6.45) is 0. The molecule has 7 heteroatoms. The van der Waals surface area contributed by atoms with E-state index in [4.69, 9.17) is 4.74 Å². The Hall–Kier alpha value is -2.28. The molecular weight excluding hydrogens is 301 g/mol. The van der Waals surface area contributed by atoms with Gasteiger partial charge in [0.15, 0.2) is 0 Å². The topological polar surface area (TPSA) is 71.0 Å². The lowest BCUT2D eigenvalue weighted by Crippen LogP contribution is -2.51. The first kappa shape index (κ1) is 15.6. The number of morpholine rings is 1. The first-order valence-corrected chi connectivity index (χ1v) is 7.54. The molecule has 2 atom stereocenters. The van der Waals surface area contributed by atoms with Gasteiger partial charge in [-0.25, -0.2) is 14.2 Å². The summed E-state index contributed by atoms with van der Waals surface area (Å²) in [4.78, 5) is 30.2. The lowest BCUT2D eigenvalue weighted by atomic mass is 9.87. The van der Waals surface area contributed by atoms with Crippen molar-refractivity contribution in [2.75, 3.05) is 26.3 Å². The van der Waals surface area contributed by atoms with Crippen LogP contribution in [0.4, 0.5) is 9.18 Å². The zero-order valence-electron chi connectivity index (χ0n) is 12.8. The predicted octanol–water partition coefficient (Wildman–Crippen LogP) is 1.53. The van der Waals surface area contributed by atoms with E-state index in [1.807, 2.05) is 0 Å². The van der Waals surface area contributed by atoms with Gasteiger partial charge in [-0.05, 0) is 24.6 Å². The van der Waals surface area contributed by atoms with E-state index in [9.17, 15) is 14.0 Å². The van der Waals surface area contributed by atoms with Gasteiger partial charge in [0.25, 0.3) is 0 Å². The monoisotopic (exact) mass is 319 g/mol. The van der Waals surface area contributed by atoms with Crippen LogP contribution in [0.1, 0.15) is 18.5 Å². The number of nitrogens with one attached hydrogen (secondary N) is 1. The van der Waals surface area contributed by atoms with Crippen molar-refractivity contribution in [3.63, 3.8) is 0 Å². The molecule has 1 aromatic rings. The number of ether oxygens (including phenoxy) is 1. The number of rotatable bonds is 2. The number of hydrogen-bond donors (Lipinski definition) is 1. The fraction of sp³-hybridized carbons (Fsp3) is 0.438. The van der Waals surface area contributed by atoms with Gasteiger partial charge in [0.2, 0.25) is 5.91 Å². The lowest BCUT2D eigenvalue weighted by molar-refractivity contribution is -0.138. The normalized spacial score (nSPS) is 24.9. The third kappa shape index (κ3) is 3.24. The van der Waals surface area contributed by atoms with Crippen LogP contribution in [0.15, 0.2) is 29.3 Å². The average Bonchev–Trinajstić information content (AvgIpc) is 2.55. The van der Waals surface area contributed by atoms with Crippen molar-refractivity contribution in [2.45, 2.75) is 13.0 Å². The maximum Gasteiger partial charge on any atom is 0.341 e. The Morgan fingerprint density at radius 1 is 1.30 bits per heavy atom. The van der Waals surface area contributed by atoms with Crippen molar-refractivity contribution in [1.82, 2.24) is 10.2 Å². The second kappa shape index (κ2) is 6.45. The largest absolute Gasteiger partial charge is 0.378 e. The van der Waals surface area contributed by atoms with Gasteiger partial charge in [0, 0.05) is 18.8 Å². The Morgan fingerprint density at radius 2 is 1.96 bits per heavy atom. The van der Waals surface area contributed by atoms with E-state index in [1.165, 1.54) is 12.1 Å². The molecule has 0 radical (unpaired) electrons. The van der Waals surface area contributed by atoms with E-state index >= 15 is 0 Å². The molecule has 0 aliphatic carbocycles. The van der Waals surface area contributed by atoms with Crippen LogP contribution in [0.5, 0.6) is 0 Å². The second-order valence-corrected chi connectivity index (χ2v) is 5.65. The third-order valence-electron chi connectivity index (χ3n) is 4.16. The van der Waals surface area contributed by atoms with Gasteiger partial charge in [-0.1, -0.05) is 12.1 Å². The molecule has 1 fully saturated rings. The molecule has 3 amide bonds. The maximum atomic E-state index is 13.2. The fourth-order valence-corrected chi connectivity index (χ4v) is 2.97. The molecule has 6 nitrogen and oxygen atoms in total. The molecule has 0 spiro atoms. The molecule has 2 unspecified atom stereocenters. The minimum Gasteiger partial charge on any atom is -0.378 e. The molecule has 1 N–H and O–H groups in total. The molecule has 2 heterocycles. The van der Waals surface area contributed by atoms with Gasteiger partial charge in [0.1, 0.15) is 11.7 Å². The van der Waals surface area contributed by atoms with Crippen LogP contribution in [0, 0.1) is 11.7 Å². The van der Waals surface area contributed by atoms with E-state index in [1.54, 1.807) is 24.0 Å². The van der Waals surface area contributed by atoms with Gasteiger partial charge in [-0.2, -0.15) is 0 Å². The SMILES string of the molecule is CC1=NC(=O)NC(c2ccc(F)cc2)C1C(=O)N1CCOCC1. The van der Waals surface area contributed by atoms with Crippen LogP contribution < -0.4 is 5.32 Å². The fourth-order valence-electron chi connectivity index (χ4n) is 2.97. The first-order chi connectivity index (χ1) is 11.1. The summed E-state index contributed by atoms with van der Waals surface area (Å²) in [6, 6.07) is 4.77. The zero-order valence-corrected chi connectivity index (χ0v) is 12.8. The molecule has 2 aliphatic rings. The summed E-state index contributed by atoms with van der Waals surface area (Å²) in [5.41, 5.74) is 1.15. The van der Waals surface area contributed by atoms with Crippen molar-refractivity contribution in [3.8, 4) is 0 Å². The minimum absolute atomic E-state index is 0.0936. The number of hydrogen-bond acceptors (Lipinski definition) is 3. The first-order valence-electron chi connectivity index (χ1n) is 7.54. The van der Waals surface area contributed by atoms with Crippen LogP contribution in [-0.4, -0.2) is 48.9 Å². The van der Waals surface area contributed by atoms with Gasteiger partial charge >= 0.3 is 6.03 Å². The summed E-state index contributed by atoms with van der Waals surface area (Å²) < 4.78 is 18.4. The number of aliphatic imine (C=N–C) groups is 1. The summed E-state index contributed by atoms with van der Waals surface area (Å²) in [5, 5.41) is 2.72. The van der Waals surface area contributed by atoms with Crippen molar-refractivity contribution >= 4 is 17.6 Å². The molecule has 3 rings (SSSR count). The third-order valence-corrected chi connectivity index (χ3v) is 4.16. The summed E-state index contributed by atoms with van der Waals surface area (Å²) in [5.74, 6) is -1.04. The van der Waals surface area contributed by atoms with Crippen LogP contribution in [0.2, 0.25) is 0 Å². The predicted molar refractivity (Wildman–Crippen MR) is 81.7 cm³/mol. The van der Waals surface area contributed by atoms with Crippen LogP contribution in [0.25, 0.3) is 0 Å². The van der Waals surface area contributed by atoms with Crippen molar-refractivity contribution in [1.29, 1.82) is 0 Å². The Bertz CT molecular complexity index is 638. The van der Waals surface area contributed by atoms with Crippen LogP contribution in [0.3, 0.4) is 0 Å². The number of carbonyl (C=O) groups is 2. The lowest BCUT2D eigenvalue weighted by Gasteiger charge is -2.35. The molecule has 2 aliphatic heterocycles. The Kier molecular flexibility index (Phi) is 4.38. The highest BCUT2D eigenvalue weighted by Crippen LogP contribution is 2.29. The number of halogens is 1. The van der Waals surface area contributed by atoms with E-state index in [-0.39, 0.29) is 11.7 Å². The van der Waals surface area contributed by atoms with Gasteiger partial charge in [-0.15, -0.1) is 0 Å². The number of amides is 3. The van der Waals surface area contributed by atoms with Crippen LogP contribution in [-0.2, 0) is 9.53 Å². The highest BCUT2D eigenvalue weighted by molar-refractivity contribution is 6.09. The van der Waals surface area contributed by atoms with E-state index in [2.05, 4.69) is 10.3 Å². The van der Waals surface area contributed by atoms with Gasteiger partial charge in [-0.3, -0.25) is 4.79 Å². The Morgan fingerprint density at radius 3 is 2.61 bits per heavy atom. The molecule has 1 aromatic carbocycles. The molecule has 1 saturated heterocycles. The van der Waals surface area contributed by atoms with E-state index in [0.717, 1.165) is 0 Å². The van der Waals surface area contributed by atoms with Crippen molar-refractivity contribution < 1.29 is 18.7 Å². The van der Waals surface area contributed by atoms with Gasteiger partial charge < -0.3 is 15.0 Å². The quantitative estimate of drug-likeness (QED) is 0.898. The number of benzene rings is 1. The van der Waals surface area contributed by atoms with Crippen molar-refractivity contribution in [2.24, 2.45) is 10.9 Å². The van der Waals surface area contributed by atoms with Crippen LogP contribution >= 0.6 is 0 Å². The second-order valence-electron chi connectivity index (χ2n) is 5.65. The molecule has 0 aromatic heterocycles. The molecule has 0 saturated carbocycles. The smallest absolute Gasteiger partial charge is 0.341 e. The van der Waals surface area contributed by atoms with Crippen molar-refractivity contribution in [3.05, 3.63) is 35.6 Å². The molecule has 23 heavy (non-hydrogen) atoms. The zero-order chi connectivity index (χ0) is 16.4. The van der Waals surface area contributed by atoms with E-state index < -0.39 is 18.0 Å². The van der Waals surface area contributed by atoms with E-state index in [0.29, 0.717) is 37.6 Å². The summed E-state index contributed by atoms with van der Waals surface area (Å²) in [7, 11) is 0.